The lowest BCUT2D eigenvalue weighted by atomic mass is 10.3. The summed E-state index contributed by atoms with van der Waals surface area (Å²) in [5, 5.41) is 0. The fraction of sp³-hybridized carbons (Fsp3) is 0.176. The molecule has 0 amide bonds. The molecule has 1 N–H and O–H groups in total. The van der Waals surface area contributed by atoms with Crippen molar-refractivity contribution in [3.63, 3.8) is 0 Å². The van der Waals surface area contributed by atoms with Gasteiger partial charge in [0.05, 0.1) is 22.5 Å². The van der Waals surface area contributed by atoms with Crippen LogP contribution in [0.3, 0.4) is 0 Å². The third-order valence-corrected chi connectivity index (χ3v) is 4.62. The standard InChI is InChI=1S/C17H17N3O3S/c1-2-12-23-17-16(18-14-10-6-7-11-15(14)19-17)20-24(21,22)13-8-4-3-5-9-13/h3-11H,2,12H2,1H3,(H,18,20). The number of anilines is 1. The third kappa shape index (κ3) is 3.46. The summed E-state index contributed by atoms with van der Waals surface area (Å²) < 4.78 is 33.1. The first-order chi connectivity index (χ1) is 11.6. The number of aromatic nitrogens is 2. The van der Waals surface area contributed by atoms with Gasteiger partial charge in [0.2, 0.25) is 5.82 Å². The summed E-state index contributed by atoms with van der Waals surface area (Å²) in [5.41, 5.74) is 1.23. The van der Waals surface area contributed by atoms with Crippen molar-refractivity contribution in [2.45, 2.75) is 18.2 Å². The Kier molecular flexibility index (Phi) is 4.61. The van der Waals surface area contributed by atoms with Crippen LogP contribution in [0.1, 0.15) is 13.3 Å². The van der Waals surface area contributed by atoms with Gasteiger partial charge in [-0.15, -0.1) is 0 Å². The van der Waals surface area contributed by atoms with Crippen LogP contribution in [-0.4, -0.2) is 25.0 Å². The van der Waals surface area contributed by atoms with Crippen molar-refractivity contribution < 1.29 is 13.2 Å². The Morgan fingerprint density at radius 2 is 1.58 bits per heavy atom. The zero-order valence-corrected chi connectivity index (χ0v) is 14.0. The van der Waals surface area contributed by atoms with Gasteiger partial charge in [0.1, 0.15) is 0 Å². The van der Waals surface area contributed by atoms with E-state index in [-0.39, 0.29) is 16.6 Å². The monoisotopic (exact) mass is 343 g/mol. The van der Waals surface area contributed by atoms with Crippen LogP contribution < -0.4 is 9.46 Å². The summed E-state index contributed by atoms with van der Waals surface area (Å²) in [6, 6.07) is 15.3. The molecule has 2 aromatic carbocycles. The van der Waals surface area contributed by atoms with Crippen molar-refractivity contribution in [2.24, 2.45) is 0 Å². The molecule has 24 heavy (non-hydrogen) atoms. The molecule has 0 radical (unpaired) electrons. The summed E-state index contributed by atoms with van der Waals surface area (Å²) in [6.07, 6.45) is 0.777. The number of rotatable bonds is 6. The molecule has 0 bridgehead atoms. The number of hydrogen-bond donors (Lipinski definition) is 1. The second kappa shape index (κ2) is 6.84. The predicted octanol–water partition coefficient (Wildman–Crippen LogP) is 3.22. The average Bonchev–Trinajstić information content (AvgIpc) is 2.60. The van der Waals surface area contributed by atoms with E-state index in [4.69, 9.17) is 4.74 Å². The van der Waals surface area contributed by atoms with Crippen LogP contribution in [0.15, 0.2) is 59.5 Å². The number of ether oxygens (including phenoxy) is 1. The van der Waals surface area contributed by atoms with Gasteiger partial charge in [-0.1, -0.05) is 37.3 Å². The van der Waals surface area contributed by atoms with Crippen molar-refractivity contribution in [1.29, 1.82) is 0 Å². The molecule has 0 fully saturated rings. The number of sulfonamides is 1. The summed E-state index contributed by atoms with van der Waals surface area (Å²) in [7, 11) is -3.76. The summed E-state index contributed by atoms with van der Waals surface area (Å²) in [4.78, 5) is 8.89. The van der Waals surface area contributed by atoms with Gasteiger partial charge in [-0.25, -0.2) is 18.4 Å². The van der Waals surface area contributed by atoms with E-state index in [9.17, 15) is 8.42 Å². The molecule has 0 aliphatic heterocycles. The molecule has 7 heteroatoms. The zero-order valence-electron chi connectivity index (χ0n) is 13.1. The maximum absolute atomic E-state index is 12.5. The highest BCUT2D eigenvalue weighted by Crippen LogP contribution is 2.26. The topological polar surface area (TPSA) is 81.2 Å². The molecule has 0 aliphatic rings. The minimum Gasteiger partial charge on any atom is -0.475 e. The Morgan fingerprint density at radius 1 is 0.958 bits per heavy atom. The van der Waals surface area contributed by atoms with Gasteiger partial charge in [0.25, 0.3) is 15.9 Å². The van der Waals surface area contributed by atoms with Crippen molar-refractivity contribution in [3.05, 3.63) is 54.6 Å². The maximum Gasteiger partial charge on any atom is 0.263 e. The molecular weight excluding hydrogens is 326 g/mol. The fourth-order valence-corrected chi connectivity index (χ4v) is 3.16. The molecule has 0 atom stereocenters. The van der Waals surface area contributed by atoms with Crippen molar-refractivity contribution in [2.75, 3.05) is 11.3 Å². The molecule has 0 spiro atoms. The lowest BCUT2D eigenvalue weighted by Gasteiger charge is -2.12. The van der Waals surface area contributed by atoms with Crippen LogP contribution in [-0.2, 0) is 10.0 Å². The Balaban J connectivity index is 2.03. The van der Waals surface area contributed by atoms with E-state index in [1.807, 2.05) is 19.1 Å². The van der Waals surface area contributed by atoms with Crippen LogP contribution in [0, 0.1) is 0 Å². The molecule has 3 rings (SSSR count). The highest BCUT2D eigenvalue weighted by molar-refractivity contribution is 7.92. The first-order valence-corrected chi connectivity index (χ1v) is 9.06. The lowest BCUT2D eigenvalue weighted by molar-refractivity contribution is 0.307. The molecule has 1 heterocycles. The van der Waals surface area contributed by atoms with Crippen molar-refractivity contribution in [1.82, 2.24) is 9.97 Å². The van der Waals surface area contributed by atoms with Crippen LogP contribution in [0.4, 0.5) is 5.82 Å². The Hall–Kier alpha value is -2.67. The molecule has 0 aliphatic carbocycles. The molecule has 1 aromatic heterocycles. The van der Waals surface area contributed by atoms with Gasteiger partial charge < -0.3 is 4.74 Å². The molecule has 0 saturated carbocycles. The second-order valence-electron chi connectivity index (χ2n) is 5.13. The molecule has 0 saturated heterocycles. The molecule has 0 unspecified atom stereocenters. The van der Waals surface area contributed by atoms with Gasteiger partial charge in [0.15, 0.2) is 0 Å². The summed E-state index contributed by atoms with van der Waals surface area (Å²) >= 11 is 0. The normalized spacial score (nSPS) is 11.4. The number of nitrogens with zero attached hydrogens (tertiary/aromatic N) is 2. The first kappa shape index (κ1) is 16.2. The highest BCUT2D eigenvalue weighted by Gasteiger charge is 2.19. The van der Waals surface area contributed by atoms with E-state index in [0.29, 0.717) is 17.6 Å². The largest absolute Gasteiger partial charge is 0.475 e. The zero-order chi connectivity index (χ0) is 17.0. The van der Waals surface area contributed by atoms with Gasteiger partial charge >= 0.3 is 0 Å². The number of hydrogen-bond acceptors (Lipinski definition) is 5. The summed E-state index contributed by atoms with van der Waals surface area (Å²) in [6.45, 7) is 2.38. The molecule has 6 nitrogen and oxygen atoms in total. The molecule has 124 valence electrons. The number of para-hydroxylation sites is 2. The van der Waals surface area contributed by atoms with E-state index < -0.39 is 10.0 Å². The van der Waals surface area contributed by atoms with Crippen LogP contribution in [0.5, 0.6) is 5.88 Å². The highest BCUT2D eigenvalue weighted by atomic mass is 32.2. The number of nitrogens with one attached hydrogen (secondary N) is 1. The van der Waals surface area contributed by atoms with Gasteiger partial charge in [-0.05, 0) is 30.7 Å². The summed E-state index contributed by atoms with van der Waals surface area (Å²) in [5.74, 6) is 0.265. The Morgan fingerprint density at radius 3 is 2.25 bits per heavy atom. The molecular formula is C17H17N3O3S. The average molecular weight is 343 g/mol. The first-order valence-electron chi connectivity index (χ1n) is 7.57. The van der Waals surface area contributed by atoms with Crippen LogP contribution in [0.25, 0.3) is 11.0 Å². The van der Waals surface area contributed by atoms with Crippen LogP contribution in [0.2, 0.25) is 0 Å². The van der Waals surface area contributed by atoms with Gasteiger partial charge in [0, 0.05) is 0 Å². The third-order valence-electron chi connectivity index (χ3n) is 3.27. The van der Waals surface area contributed by atoms with Crippen LogP contribution >= 0.6 is 0 Å². The van der Waals surface area contributed by atoms with E-state index in [0.717, 1.165) is 6.42 Å². The Labute approximate surface area is 140 Å². The SMILES string of the molecule is CCCOc1nc2ccccc2nc1NS(=O)(=O)c1ccccc1. The maximum atomic E-state index is 12.5. The minimum absolute atomic E-state index is 0.0889. The quantitative estimate of drug-likeness (QED) is 0.743. The van der Waals surface area contributed by atoms with E-state index in [1.54, 1.807) is 30.3 Å². The van der Waals surface area contributed by atoms with E-state index in [1.165, 1.54) is 12.1 Å². The lowest BCUT2D eigenvalue weighted by Crippen LogP contribution is -2.15. The van der Waals surface area contributed by atoms with Crippen molar-refractivity contribution in [3.8, 4) is 5.88 Å². The van der Waals surface area contributed by atoms with Gasteiger partial charge in [-0.3, -0.25) is 4.72 Å². The minimum atomic E-state index is -3.76. The second-order valence-corrected chi connectivity index (χ2v) is 6.82. The number of benzene rings is 2. The fourth-order valence-electron chi connectivity index (χ4n) is 2.14. The predicted molar refractivity (Wildman–Crippen MR) is 92.6 cm³/mol. The molecule has 3 aromatic rings. The van der Waals surface area contributed by atoms with E-state index in [2.05, 4.69) is 14.7 Å². The Bertz CT molecular complexity index is 944. The van der Waals surface area contributed by atoms with Crippen molar-refractivity contribution >= 4 is 26.9 Å². The van der Waals surface area contributed by atoms with Gasteiger partial charge in [-0.2, -0.15) is 0 Å². The van der Waals surface area contributed by atoms with E-state index >= 15 is 0 Å². The number of fused-ring (bicyclic) bond motifs is 1. The smallest absolute Gasteiger partial charge is 0.263 e.